The molecule has 1 saturated heterocycles. The number of aromatic amines is 1. The molecule has 0 radical (unpaired) electrons. The number of H-pyrrole nitrogens is 1. The van der Waals surface area contributed by atoms with E-state index >= 15 is 0 Å². The molecule has 184 valence electrons. The van der Waals surface area contributed by atoms with Crippen LogP contribution >= 0.6 is 0 Å². The first kappa shape index (κ1) is 23.2. The molecule has 0 bridgehead atoms. The van der Waals surface area contributed by atoms with E-state index in [0.29, 0.717) is 60.6 Å². The summed E-state index contributed by atoms with van der Waals surface area (Å²) in [5.41, 5.74) is 2.73. The Labute approximate surface area is 205 Å². The van der Waals surface area contributed by atoms with E-state index in [9.17, 15) is 14.5 Å². The van der Waals surface area contributed by atoms with Gasteiger partial charge >= 0.3 is 0 Å². The molecule has 36 heavy (non-hydrogen) atoms. The summed E-state index contributed by atoms with van der Waals surface area (Å²) in [6, 6.07) is 10.8. The molecule has 2 N–H and O–H groups in total. The van der Waals surface area contributed by atoms with Gasteiger partial charge in [-0.15, -0.1) is 0 Å². The lowest BCUT2D eigenvalue weighted by Gasteiger charge is -2.29. The minimum Gasteiger partial charge on any atom is -0.494 e. The molecule has 3 heterocycles. The van der Waals surface area contributed by atoms with Crippen LogP contribution in [0, 0.1) is 15.9 Å². The molecule has 4 aromatic rings. The first-order valence-electron chi connectivity index (χ1n) is 11.1. The van der Waals surface area contributed by atoms with E-state index in [2.05, 4.69) is 25.3 Å². The summed E-state index contributed by atoms with van der Waals surface area (Å²) >= 11 is 0. The van der Waals surface area contributed by atoms with Crippen molar-refractivity contribution in [2.75, 3.05) is 43.6 Å². The number of imidazole rings is 1. The summed E-state index contributed by atoms with van der Waals surface area (Å²) in [5.74, 6) is 0.783. The predicted octanol–water partition coefficient (Wildman–Crippen LogP) is 4.17. The highest BCUT2D eigenvalue weighted by Gasteiger charge is 2.25. The molecule has 11 nitrogen and oxygen atoms in total. The molecule has 0 aliphatic carbocycles. The number of ether oxygens (including phenoxy) is 2. The van der Waals surface area contributed by atoms with Crippen molar-refractivity contribution in [1.29, 1.82) is 0 Å². The van der Waals surface area contributed by atoms with Crippen LogP contribution in [0.3, 0.4) is 0 Å². The molecule has 0 unspecified atom stereocenters. The number of anilines is 3. The lowest BCUT2D eigenvalue weighted by atomic mass is 10.2. The lowest BCUT2D eigenvalue weighted by Crippen LogP contribution is -2.36. The normalized spacial score (nSPS) is 13.4. The van der Waals surface area contributed by atoms with E-state index in [1.54, 1.807) is 36.7 Å². The summed E-state index contributed by atoms with van der Waals surface area (Å²) in [4.78, 5) is 29.6. The highest BCUT2D eigenvalue weighted by Crippen LogP contribution is 2.39. The molecule has 1 aliphatic rings. The second kappa shape index (κ2) is 9.96. The molecule has 0 saturated carbocycles. The number of nitro benzene ring substituents is 1. The maximum Gasteiger partial charge on any atom is 0.294 e. The molecular weight excluding hydrogens is 469 g/mol. The lowest BCUT2D eigenvalue weighted by molar-refractivity contribution is -0.384. The fourth-order valence-electron chi connectivity index (χ4n) is 3.93. The Bertz CT molecular complexity index is 1390. The Hall–Kier alpha value is -4.58. The van der Waals surface area contributed by atoms with Gasteiger partial charge in [-0.2, -0.15) is 0 Å². The number of nitrogens with one attached hydrogen (secondary N) is 2. The number of hydrogen-bond acceptors (Lipinski definition) is 9. The van der Waals surface area contributed by atoms with Crippen molar-refractivity contribution in [2.24, 2.45) is 0 Å². The first-order chi connectivity index (χ1) is 17.5. The first-order valence-corrected chi connectivity index (χ1v) is 11.1. The molecule has 0 atom stereocenters. The average molecular weight is 491 g/mol. The molecule has 2 aromatic carbocycles. The topological polar surface area (TPSA) is 131 Å². The van der Waals surface area contributed by atoms with Crippen LogP contribution in [0.15, 0.2) is 54.9 Å². The van der Waals surface area contributed by atoms with Gasteiger partial charge in [0.2, 0.25) is 5.95 Å². The van der Waals surface area contributed by atoms with Gasteiger partial charge in [-0.1, -0.05) is 0 Å². The smallest absolute Gasteiger partial charge is 0.294 e. The molecule has 1 aliphatic heterocycles. The molecular formula is C24H22FN7O4. The van der Waals surface area contributed by atoms with Crippen LogP contribution in [0.4, 0.5) is 27.4 Å². The van der Waals surface area contributed by atoms with Crippen LogP contribution in [0.1, 0.15) is 0 Å². The third-order valence-electron chi connectivity index (χ3n) is 5.72. The second-order valence-electron chi connectivity index (χ2n) is 7.94. The summed E-state index contributed by atoms with van der Waals surface area (Å²) in [6.45, 7) is 2.08. The van der Waals surface area contributed by atoms with E-state index in [-0.39, 0.29) is 17.5 Å². The maximum absolute atomic E-state index is 13.2. The van der Waals surface area contributed by atoms with Crippen LogP contribution in [0.5, 0.6) is 5.75 Å². The predicted molar refractivity (Wildman–Crippen MR) is 131 cm³/mol. The fourth-order valence-corrected chi connectivity index (χ4v) is 3.93. The number of morpholine rings is 1. The van der Waals surface area contributed by atoms with E-state index < -0.39 is 4.92 Å². The number of halogens is 1. The molecule has 5 rings (SSSR count). The number of hydrogen-bond donors (Lipinski definition) is 2. The zero-order chi connectivity index (χ0) is 25.1. The Morgan fingerprint density at radius 2 is 1.94 bits per heavy atom. The number of nitro groups is 1. The van der Waals surface area contributed by atoms with E-state index in [0.717, 1.165) is 5.56 Å². The van der Waals surface area contributed by atoms with E-state index in [1.165, 1.54) is 25.3 Å². The molecule has 2 aromatic heterocycles. The van der Waals surface area contributed by atoms with Crippen molar-refractivity contribution in [3.8, 4) is 28.5 Å². The van der Waals surface area contributed by atoms with Crippen molar-refractivity contribution < 1.29 is 18.8 Å². The Balaban J connectivity index is 1.43. The minimum atomic E-state index is -0.424. The van der Waals surface area contributed by atoms with Gasteiger partial charge in [-0.3, -0.25) is 10.1 Å². The van der Waals surface area contributed by atoms with Crippen LogP contribution < -0.4 is 15.0 Å². The molecule has 1 fully saturated rings. The van der Waals surface area contributed by atoms with Gasteiger partial charge in [0.25, 0.3) is 5.69 Å². The number of aromatic nitrogens is 4. The van der Waals surface area contributed by atoms with Crippen molar-refractivity contribution in [3.63, 3.8) is 0 Å². The molecule has 0 spiro atoms. The van der Waals surface area contributed by atoms with Gasteiger partial charge in [0.05, 0.1) is 42.8 Å². The van der Waals surface area contributed by atoms with E-state index in [4.69, 9.17) is 9.47 Å². The van der Waals surface area contributed by atoms with Crippen LogP contribution in [0.2, 0.25) is 0 Å². The van der Waals surface area contributed by atoms with E-state index in [1.807, 2.05) is 4.90 Å². The van der Waals surface area contributed by atoms with Gasteiger partial charge in [-0.25, -0.2) is 19.3 Å². The number of benzene rings is 2. The maximum atomic E-state index is 13.2. The van der Waals surface area contributed by atoms with Gasteiger partial charge in [0.15, 0.2) is 5.82 Å². The molecule has 12 heteroatoms. The van der Waals surface area contributed by atoms with Crippen molar-refractivity contribution >= 4 is 23.0 Å². The summed E-state index contributed by atoms with van der Waals surface area (Å²) in [6.07, 6.45) is 3.18. The summed E-state index contributed by atoms with van der Waals surface area (Å²) < 4.78 is 24.1. The number of rotatable bonds is 7. The zero-order valence-corrected chi connectivity index (χ0v) is 19.3. The summed E-state index contributed by atoms with van der Waals surface area (Å²) in [5, 5.41) is 14.9. The molecule has 0 amide bonds. The standard InChI is InChI=1S/C24H22FN7O4/c1-35-22-13-20(31-8-10-36-11-9-31)21(32(33)34)12-18(22)30-24-26-7-6-17(29-24)23-27-14-19(28-23)15-2-4-16(25)5-3-15/h2-7,12-14H,8-11H2,1H3,(H,27,28)(H,26,29,30). The van der Waals surface area contributed by atoms with Gasteiger partial charge in [0.1, 0.15) is 22.9 Å². The second-order valence-corrected chi connectivity index (χ2v) is 7.94. The number of nitrogens with zero attached hydrogens (tertiary/aromatic N) is 5. The van der Waals surface area contributed by atoms with Gasteiger partial charge < -0.3 is 24.7 Å². The highest BCUT2D eigenvalue weighted by atomic mass is 19.1. The van der Waals surface area contributed by atoms with Crippen molar-refractivity contribution in [3.05, 3.63) is 70.8 Å². The van der Waals surface area contributed by atoms with Gasteiger partial charge in [0, 0.05) is 31.4 Å². The zero-order valence-electron chi connectivity index (χ0n) is 19.3. The fraction of sp³-hybridized carbons (Fsp3) is 0.208. The van der Waals surface area contributed by atoms with Crippen molar-refractivity contribution in [2.45, 2.75) is 0 Å². The third kappa shape index (κ3) is 4.79. The third-order valence-corrected chi connectivity index (χ3v) is 5.72. The summed E-state index contributed by atoms with van der Waals surface area (Å²) in [7, 11) is 1.49. The minimum absolute atomic E-state index is 0.0636. The SMILES string of the molecule is COc1cc(N2CCOCC2)c([N+](=O)[O-])cc1Nc1nccc(-c2ncc(-c3ccc(F)cc3)[nH]2)n1. The highest BCUT2D eigenvalue weighted by molar-refractivity contribution is 5.77. The Kier molecular flexibility index (Phi) is 6.41. The van der Waals surface area contributed by atoms with Crippen molar-refractivity contribution in [1.82, 2.24) is 19.9 Å². The average Bonchev–Trinajstić information content (AvgIpc) is 3.40. The quantitative estimate of drug-likeness (QED) is 0.289. The van der Waals surface area contributed by atoms with Crippen LogP contribution in [0.25, 0.3) is 22.8 Å². The Morgan fingerprint density at radius 1 is 1.17 bits per heavy atom. The largest absolute Gasteiger partial charge is 0.494 e. The van der Waals surface area contributed by atoms with Gasteiger partial charge in [-0.05, 0) is 35.9 Å². The number of methoxy groups -OCH3 is 1. The van der Waals surface area contributed by atoms with Crippen LogP contribution in [-0.2, 0) is 4.74 Å². The van der Waals surface area contributed by atoms with Crippen LogP contribution in [-0.4, -0.2) is 58.3 Å². The Morgan fingerprint density at radius 3 is 2.67 bits per heavy atom. The monoisotopic (exact) mass is 491 g/mol.